The Morgan fingerprint density at radius 3 is 2.22 bits per heavy atom. The molecule has 0 aromatic carbocycles. The molecule has 0 aliphatic carbocycles. The molecule has 0 aromatic heterocycles. The molecule has 0 aliphatic heterocycles. The van der Waals surface area contributed by atoms with Gasteiger partial charge in [0.05, 0.1) is 0 Å². The zero-order chi connectivity index (χ0) is 7.28. The Morgan fingerprint density at radius 1 is 1.33 bits per heavy atom. The molecule has 0 spiro atoms. The van der Waals surface area contributed by atoms with Gasteiger partial charge in [0, 0.05) is 0 Å². The lowest BCUT2D eigenvalue weighted by atomic mass is 10.1. The summed E-state index contributed by atoms with van der Waals surface area (Å²) < 4.78 is 0. The fraction of sp³-hybridized carbons (Fsp3) is 0.625. The molecule has 1 heteroatoms. The average molecular weight is 142 g/mol. The van der Waals surface area contributed by atoms with Crippen LogP contribution in [0, 0.1) is 0 Å². The van der Waals surface area contributed by atoms with Gasteiger partial charge in [0.1, 0.15) is 0 Å². The van der Waals surface area contributed by atoms with Crippen LogP contribution in [0.3, 0.4) is 0 Å². The quantitative estimate of drug-likeness (QED) is 0.429. The van der Waals surface area contributed by atoms with Gasteiger partial charge in [0.25, 0.3) is 0 Å². The molecule has 0 N–H and O–H groups in total. The van der Waals surface area contributed by atoms with E-state index < -0.39 is 0 Å². The maximum Gasteiger partial charge on any atom is -0.0102 e. The fourth-order valence-corrected chi connectivity index (χ4v) is 0.783. The minimum absolute atomic E-state index is 1.07. The zero-order valence-electron chi connectivity index (χ0n) is 6.24. The van der Waals surface area contributed by atoms with Crippen LogP contribution in [0.1, 0.15) is 33.1 Å². The third-order valence-corrected chi connectivity index (χ3v) is 1.34. The summed E-state index contributed by atoms with van der Waals surface area (Å²) in [5.74, 6) is 0. The molecule has 52 valence electrons. The van der Waals surface area contributed by atoms with Crippen molar-refractivity contribution in [1.82, 2.24) is 0 Å². The molecule has 0 heterocycles. The van der Waals surface area contributed by atoms with E-state index in [1.165, 1.54) is 12.0 Å². The summed E-state index contributed by atoms with van der Waals surface area (Å²) in [6.45, 7) is 7.86. The van der Waals surface area contributed by atoms with Crippen LogP contribution in [0.25, 0.3) is 0 Å². The number of allylic oxidation sites excluding steroid dienone is 1. The molecule has 0 aliphatic rings. The lowest BCUT2D eigenvalue weighted by molar-refractivity contribution is 0.861. The summed E-state index contributed by atoms with van der Waals surface area (Å²) in [5, 5.41) is 0. The van der Waals surface area contributed by atoms with Crippen LogP contribution in [0.15, 0.2) is 12.2 Å². The molecule has 0 nitrogen and oxygen atoms in total. The third-order valence-electron chi connectivity index (χ3n) is 1.13. The lowest BCUT2D eigenvalue weighted by Crippen LogP contribution is -1.85. The van der Waals surface area contributed by atoms with Gasteiger partial charge in [0.15, 0.2) is 0 Å². The topological polar surface area (TPSA) is 0 Å². The monoisotopic (exact) mass is 142 g/mol. The van der Waals surface area contributed by atoms with E-state index in [0.29, 0.717) is 0 Å². The van der Waals surface area contributed by atoms with Gasteiger partial charge in [-0.25, -0.2) is 0 Å². The van der Waals surface area contributed by atoms with Crippen LogP contribution in [0.4, 0.5) is 0 Å². The molecule has 0 unspecified atom stereocenters. The normalized spacial score (nSPS) is 9.11. The Kier molecular flexibility index (Phi) is 4.60. The molecular weight excluding hydrogens is 128 g/mol. The molecule has 0 fully saturated rings. The van der Waals surface area contributed by atoms with E-state index in [-0.39, 0.29) is 0 Å². The number of hydrogen-bond acceptors (Lipinski definition) is 1. The Hall–Kier alpha value is -0.170. The number of thiocarbonyl (C=S) groups is 1. The van der Waals surface area contributed by atoms with Gasteiger partial charge >= 0.3 is 0 Å². The predicted octanol–water partition coefficient (Wildman–Crippen LogP) is 3.12. The van der Waals surface area contributed by atoms with E-state index in [1.807, 2.05) is 6.92 Å². The Labute approximate surface area is 63.0 Å². The fourth-order valence-electron chi connectivity index (χ4n) is 0.639. The molecule has 0 atom stereocenters. The highest BCUT2D eigenvalue weighted by molar-refractivity contribution is 7.80. The molecule has 0 bridgehead atoms. The van der Waals surface area contributed by atoms with Gasteiger partial charge in [0.2, 0.25) is 0 Å². The number of rotatable bonds is 4. The van der Waals surface area contributed by atoms with Crippen molar-refractivity contribution in [2.75, 3.05) is 0 Å². The van der Waals surface area contributed by atoms with Crippen molar-refractivity contribution in [3.8, 4) is 0 Å². The maximum atomic E-state index is 4.92. The Bertz CT molecular complexity index is 99.7. The van der Waals surface area contributed by atoms with Gasteiger partial charge in [-0.3, -0.25) is 0 Å². The van der Waals surface area contributed by atoms with Crippen molar-refractivity contribution in [1.29, 1.82) is 0 Å². The standard InChI is InChI=1S/C8H14S/c1-7(2)5-4-6-8(3)9/h1,4-6H2,2-3H3. The van der Waals surface area contributed by atoms with Gasteiger partial charge in [-0.15, -0.1) is 6.58 Å². The highest BCUT2D eigenvalue weighted by Crippen LogP contribution is 2.04. The Morgan fingerprint density at radius 2 is 1.89 bits per heavy atom. The first-order valence-corrected chi connectivity index (χ1v) is 3.67. The third kappa shape index (κ3) is 7.83. The summed E-state index contributed by atoms with van der Waals surface area (Å²) in [5.41, 5.74) is 1.26. The van der Waals surface area contributed by atoms with E-state index in [4.69, 9.17) is 12.2 Å². The highest BCUT2D eigenvalue weighted by atomic mass is 32.1. The molecule has 0 radical (unpaired) electrons. The van der Waals surface area contributed by atoms with Gasteiger partial charge in [-0.1, -0.05) is 17.8 Å². The van der Waals surface area contributed by atoms with E-state index >= 15 is 0 Å². The Balaban J connectivity index is 3.10. The van der Waals surface area contributed by atoms with Crippen molar-refractivity contribution in [3.05, 3.63) is 12.2 Å². The molecule has 0 rings (SSSR count). The van der Waals surface area contributed by atoms with Crippen LogP contribution in [-0.4, -0.2) is 4.86 Å². The lowest BCUT2D eigenvalue weighted by Gasteiger charge is -1.96. The second-order valence-corrected chi connectivity index (χ2v) is 3.21. The van der Waals surface area contributed by atoms with Crippen molar-refractivity contribution in [3.63, 3.8) is 0 Å². The maximum absolute atomic E-state index is 4.92. The predicted molar refractivity (Wildman–Crippen MR) is 46.9 cm³/mol. The van der Waals surface area contributed by atoms with E-state index in [9.17, 15) is 0 Å². The van der Waals surface area contributed by atoms with Crippen molar-refractivity contribution in [2.24, 2.45) is 0 Å². The smallest absolute Gasteiger partial charge is 0.0102 e. The first kappa shape index (κ1) is 8.83. The number of hydrogen-bond donors (Lipinski definition) is 0. The highest BCUT2D eigenvalue weighted by Gasteiger charge is 1.89. The minimum atomic E-state index is 1.07. The molecule has 0 amide bonds. The van der Waals surface area contributed by atoms with Crippen molar-refractivity contribution >= 4 is 17.1 Å². The summed E-state index contributed by atoms with van der Waals surface area (Å²) in [6, 6.07) is 0. The van der Waals surface area contributed by atoms with E-state index in [1.54, 1.807) is 0 Å². The van der Waals surface area contributed by atoms with Gasteiger partial charge < -0.3 is 0 Å². The largest absolute Gasteiger partial charge is 0.100 e. The molecular formula is C8H14S. The van der Waals surface area contributed by atoms with Crippen LogP contribution in [-0.2, 0) is 0 Å². The summed E-state index contributed by atoms with van der Waals surface area (Å²) in [7, 11) is 0. The molecule has 0 saturated heterocycles. The van der Waals surface area contributed by atoms with Crippen LogP contribution in [0.5, 0.6) is 0 Å². The molecule has 0 saturated carbocycles. The summed E-state index contributed by atoms with van der Waals surface area (Å²) in [6.07, 6.45) is 3.36. The molecule has 0 aromatic rings. The summed E-state index contributed by atoms with van der Waals surface area (Å²) in [4.78, 5) is 1.11. The second-order valence-electron chi connectivity index (χ2n) is 2.51. The average Bonchev–Trinajstić information content (AvgIpc) is 1.63. The first-order chi connectivity index (χ1) is 4.13. The van der Waals surface area contributed by atoms with Crippen LogP contribution >= 0.6 is 12.2 Å². The van der Waals surface area contributed by atoms with E-state index in [0.717, 1.165) is 17.7 Å². The summed E-state index contributed by atoms with van der Waals surface area (Å²) >= 11 is 4.92. The van der Waals surface area contributed by atoms with Crippen LogP contribution < -0.4 is 0 Å². The second kappa shape index (κ2) is 4.68. The van der Waals surface area contributed by atoms with E-state index in [2.05, 4.69) is 13.5 Å². The van der Waals surface area contributed by atoms with Crippen molar-refractivity contribution in [2.45, 2.75) is 33.1 Å². The molecule has 9 heavy (non-hydrogen) atoms. The van der Waals surface area contributed by atoms with Crippen molar-refractivity contribution < 1.29 is 0 Å². The first-order valence-electron chi connectivity index (χ1n) is 3.26. The zero-order valence-corrected chi connectivity index (χ0v) is 7.05. The SMILES string of the molecule is C=C(C)CCCC(C)=S. The van der Waals surface area contributed by atoms with Gasteiger partial charge in [-0.05, 0) is 38.0 Å². The van der Waals surface area contributed by atoms with Crippen LogP contribution in [0.2, 0.25) is 0 Å². The minimum Gasteiger partial charge on any atom is -0.100 e. The van der Waals surface area contributed by atoms with Gasteiger partial charge in [-0.2, -0.15) is 0 Å².